The highest BCUT2D eigenvalue weighted by Crippen LogP contribution is 2.26. The van der Waals surface area contributed by atoms with Crippen molar-refractivity contribution in [3.05, 3.63) is 29.8 Å². The summed E-state index contributed by atoms with van der Waals surface area (Å²) in [6.07, 6.45) is -1.60. The summed E-state index contributed by atoms with van der Waals surface area (Å²) >= 11 is 0. The van der Waals surface area contributed by atoms with Crippen molar-refractivity contribution in [1.82, 2.24) is 0 Å². The van der Waals surface area contributed by atoms with Gasteiger partial charge < -0.3 is 9.84 Å². The molecule has 0 radical (unpaired) electrons. The van der Waals surface area contributed by atoms with Crippen LogP contribution >= 0.6 is 0 Å². The van der Waals surface area contributed by atoms with Gasteiger partial charge in [-0.3, -0.25) is 0 Å². The molecule has 19 heavy (non-hydrogen) atoms. The van der Waals surface area contributed by atoms with Crippen LogP contribution in [0.5, 0.6) is 5.75 Å². The van der Waals surface area contributed by atoms with E-state index in [1.54, 1.807) is 0 Å². The fourth-order valence-electron chi connectivity index (χ4n) is 2.12. The summed E-state index contributed by atoms with van der Waals surface area (Å²) in [5.41, 5.74) is 1.24. The maximum Gasteiger partial charge on any atom is 0.156 e. The maximum atomic E-state index is 11.4. The van der Waals surface area contributed by atoms with Crippen LogP contribution in [0.2, 0.25) is 0 Å². The van der Waals surface area contributed by atoms with Gasteiger partial charge in [0, 0.05) is 0 Å². The van der Waals surface area contributed by atoms with Crippen molar-refractivity contribution in [3.63, 3.8) is 0 Å². The molecule has 2 atom stereocenters. The quantitative estimate of drug-likeness (QED) is 0.894. The van der Waals surface area contributed by atoms with Crippen LogP contribution in [0, 0.1) is 0 Å². The van der Waals surface area contributed by atoms with Crippen molar-refractivity contribution in [3.8, 4) is 5.75 Å². The second-order valence-corrected chi connectivity index (χ2v) is 8.23. The second kappa shape index (κ2) is 4.80. The van der Waals surface area contributed by atoms with Crippen molar-refractivity contribution in [2.45, 2.75) is 38.4 Å². The molecule has 0 bridgehead atoms. The molecule has 1 aromatic rings. The van der Waals surface area contributed by atoms with Crippen LogP contribution in [0.1, 0.15) is 26.3 Å². The Morgan fingerprint density at radius 2 is 1.74 bits per heavy atom. The zero-order chi connectivity index (χ0) is 14.3. The highest BCUT2D eigenvalue weighted by Gasteiger charge is 2.38. The van der Waals surface area contributed by atoms with Gasteiger partial charge in [-0.05, 0) is 23.1 Å². The molecule has 0 amide bonds. The first-order chi connectivity index (χ1) is 8.67. The smallest absolute Gasteiger partial charge is 0.156 e. The number of sulfone groups is 1. The van der Waals surface area contributed by atoms with Crippen molar-refractivity contribution in [2.24, 2.45) is 0 Å². The molecular formula is C14H20O4S. The Kier molecular flexibility index (Phi) is 3.62. The Morgan fingerprint density at radius 3 is 2.16 bits per heavy atom. The second-order valence-electron chi connectivity index (χ2n) is 6.07. The van der Waals surface area contributed by atoms with Crippen LogP contribution in [0.4, 0.5) is 0 Å². The zero-order valence-corrected chi connectivity index (χ0v) is 12.3. The van der Waals surface area contributed by atoms with Gasteiger partial charge in [-0.25, -0.2) is 8.42 Å². The highest BCUT2D eigenvalue weighted by molar-refractivity contribution is 7.91. The van der Waals surface area contributed by atoms with E-state index >= 15 is 0 Å². The third-order valence-electron chi connectivity index (χ3n) is 3.28. The molecule has 2 rings (SSSR count). The average molecular weight is 284 g/mol. The van der Waals surface area contributed by atoms with E-state index < -0.39 is 22.0 Å². The molecule has 1 saturated heterocycles. The summed E-state index contributed by atoms with van der Waals surface area (Å²) < 4.78 is 28.3. The minimum atomic E-state index is -3.17. The normalized spacial score (nSPS) is 26.3. The van der Waals surface area contributed by atoms with Crippen LogP contribution in [-0.4, -0.2) is 37.2 Å². The molecule has 0 spiro atoms. The summed E-state index contributed by atoms with van der Waals surface area (Å²) in [5, 5.41) is 9.67. The number of rotatable bonds is 2. The van der Waals surface area contributed by atoms with E-state index in [0.29, 0.717) is 5.75 Å². The largest absolute Gasteiger partial charge is 0.487 e. The van der Waals surface area contributed by atoms with Crippen LogP contribution in [0.15, 0.2) is 24.3 Å². The topological polar surface area (TPSA) is 63.6 Å². The lowest BCUT2D eigenvalue weighted by atomic mass is 9.87. The minimum Gasteiger partial charge on any atom is -0.487 e. The fraction of sp³-hybridized carbons (Fsp3) is 0.571. The van der Waals surface area contributed by atoms with E-state index in [9.17, 15) is 13.5 Å². The molecule has 1 aliphatic heterocycles. The zero-order valence-electron chi connectivity index (χ0n) is 11.5. The van der Waals surface area contributed by atoms with E-state index in [0.717, 1.165) is 0 Å². The lowest BCUT2D eigenvalue weighted by Gasteiger charge is -2.20. The molecule has 1 heterocycles. The van der Waals surface area contributed by atoms with E-state index in [4.69, 9.17) is 4.74 Å². The summed E-state index contributed by atoms with van der Waals surface area (Å²) in [6.45, 7) is 6.36. The third-order valence-corrected chi connectivity index (χ3v) is 4.97. The molecule has 4 nitrogen and oxygen atoms in total. The van der Waals surface area contributed by atoms with Gasteiger partial charge >= 0.3 is 0 Å². The lowest BCUT2D eigenvalue weighted by Crippen LogP contribution is -2.29. The van der Waals surface area contributed by atoms with Gasteiger partial charge in [-0.2, -0.15) is 0 Å². The molecule has 0 aliphatic carbocycles. The molecular weight excluding hydrogens is 264 g/mol. The van der Waals surface area contributed by atoms with Crippen LogP contribution in [0.3, 0.4) is 0 Å². The number of aliphatic hydroxyl groups excluding tert-OH is 1. The molecule has 0 aromatic heterocycles. The molecule has 2 unspecified atom stereocenters. The number of ether oxygens (including phenoxy) is 1. The third kappa shape index (κ3) is 3.48. The van der Waals surface area contributed by atoms with Crippen LogP contribution < -0.4 is 4.74 Å². The number of hydrogen-bond donors (Lipinski definition) is 1. The SMILES string of the molecule is CC(C)(C)c1ccc(OC2CS(=O)(=O)CC2O)cc1. The summed E-state index contributed by atoms with van der Waals surface area (Å²) in [5.74, 6) is 0.265. The van der Waals surface area contributed by atoms with Gasteiger partial charge in [0.2, 0.25) is 0 Å². The first-order valence-corrected chi connectivity index (χ1v) is 8.15. The summed E-state index contributed by atoms with van der Waals surface area (Å²) in [6, 6.07) is 7.56. The van der Waals surface area contributed by atoms with E-state index in [-0.39, 0.29) is 16.9 Å². The molecule has 1 fully saturated rings. The monoisotopic (exact) mass is 284 g/mol. The van der Waals surface area contributed by atoms with Crippen molar-refractivity contribution in [1.29, 1.82) is 0 Å². The number of benzene rings is 1. The first-order valence-electron chi connectivity index (χ1n) is 6.33. The Hall–Kier alpha value is -1.07. The van der Waals surface area contributed by atoms with E-state index in [1.807, 2.05) is 24.3 Å². The molecule has 5 heteroatoms. The van der Waals surface area contributed by atoms with Gasteiger partial charge in [0.25, 0.3) is 0 Å². The van der Waals surface area contributed by atoms with Gasteiger partial charge in [-0.1, -0.05) is 32.9 Å². The fourth-order valence-corrected chi connectivity index (χ4v) is 3.78. The summed E-state index contributed by atoms with van der Waals surface area (Å²) in [4.78, 5) is 0. The number of aliphatic hydroxyl groups is 1. The van der Waals surface area contributed by atoms with E-state index in [2.05, 4.69) is 20.8 Å². The molecule has 1 N–H and O–H groups in total. The maximum absolute atomic E-state index is 11.4. The number of hydrogen-bond acceptors (Lipinski definition) is 4. The van der Waals surface area contributed by atoms with Gasteiger partial charge in [-0.15, -0.1) is 0 Å². The highest BCUT2D eigenvalue weighted by atomic mass is 32.2. The van der Waals surface area contributed by atoms with Gasteiger partial charge in [0.05, 0.1) is 11.5 Å². The first kappa shape index (κ1) is 14.3. The molecule has 1 aliphatic rings. The van der Waals surface area contributed by atoms with Gasteiger partial charge in [0.15, 0.2) is 9.84 Å². The Morgan fingerprint density at radius 1 is 1.16 bits per heavy atom. The predicted molar refractivity (Wildman–Crippen MR) is 74.2 cm³/mol. The minimum absolute atomic E-state index is 0.0642. The standard InChI is InChI=1S/C14H20O4S/c1-14(2,3)10-4-6-11(7-5-10)18-13-9-19(16,17)8-12(13)15/h4-7,12-13,15H,8-9H2,1-3H3. The Balaban J connectivity index is 2.09. The predicted octanol–water partition coefficient (Wildman–Crippen LogP) is 1.52. The average Bonchev–Trinajstić information content (AvgIpc) is 2.51. The molecule has 1 aromatic carbocycles. The Bertz CT molecular complexity index is 540. The molecule has 106 valence electrons. The lowest BCUT2D eigenvalue weighted by molar-refractivity contribution is 0.0738. The Labute approximate surface area is 114 Å². The molecule has 0 saturated carbocycles. The summed E-state index contributed by atoms with van der Waals surface area (Å²) in [7, 11) is -3.17. The van der Waals surface area contributed by atoms with Gasteiger partial charge in [0.1, 0.15) is 18.0 Å². The van der Waals surface area contributed by atoms with Crippen molar-refractivity contribution in [2.75, 3.05) is 11.5 Å². The van der Waals surface area contributed by atoms with Crippen LogP contribution in [-0.2, 0) is 15.3 Å². The van der Waals surface area contributed by atoms with Crippen LogP contribution in [0.25, 0.3) is 0 Å². The van der Waals surface area contributed by atoms with Crippen molar-refractivity contribution >= 4 is 9.84 Å². The van der Waals surface area contributed by atoms with E-state index in [1.165, 1.54) is 5.56 Å². The van der Waals surface area contributed by atoms with Crippen molar-refractivity contribution < 1.29 is 18.3 Å².